The summed E-state index contributed by atoms with van der Waals surface area (Å²) in [5.74, 6) is 0. The lowest BCUT2D eigenvalue weighted by Gasteiger charge is -2.20. The molecule has 0 aliphatic carbocycles. The van der Waals surface area contributed by atoms with E-state index in [-0.39, 0.29) is 5.54 Å². The lowest BCUT2D eigenvalue weighted by atomic mass is 10.1. The average molecular weight is 330 g/mol. The Morgan fingerprint density at radius 1 is 1.11 bits per heavy atom. The highest BCUT2D eigenvalue weighted by molar-refractivity contribution is 9.10. The summed E-state index contributed by atoms with van der Waals surface area (Å²) in [5.41, 5.74) is 2.58. The van der Waals surface area contributed by atoms with Gasteiger partial charge in [-0.25, -0.2) is 0 Å². The number of nitrogens with one attached hydrogen (secondary N) is 1. The van der Waals surface area contributed by atoms with E-state index in [0.29, 0.717) is 0 Å². The van der Waals surface area contributed by atoms with Crippen LogP contribution in [0.4, 0.5) is 0 Å². The standard InChI is InChI=1S/C15H28BrN3/c1-12-14(16)13(2)19(18-12)11-9-7-6-8-10-17-15(3,4)5/h17H,6-11H2,1-5H3. The van der Waals surface area contributed by atoms with E-state index in [4.69, 9.17) is 0 Å². The van der Waals surface area contributed by atoms with Crippen molar-refractivity contribution in [3.8, 4) is 0 Å². The van der Waals surface area contributed by atoms with Crippen molar-refractivity contribution in [1.29, 1.82) is 0 Å². The first-order chi connectivity index (χ1) is 8.81. The van der Waals surface area contributed by atoms with Gasteiger partial charge in [-0.15, -0.1) is 0 Å². The minimum atomic E-state index is 0.246. The summed E-state index contributed by atoms with van der Waals surface area (Å²) in [7, 11) is 0. The Balaban J connectivity index is 2.13. The molecule has 1 aromatic rings. The number of aryl methyl sites for hydroxylation is 2. The van der Waals surface area contributed by atoms with Gasteiger partial charge in [-0.1, -0.05) is 12.8 Å². The molecule has 0 fully saturated rings. The number of halogens is 1. The zero-order valence-corrected chi connectivity index (χ0v) is 14.6. The molecule has 110 valence electrons. The van der Waals surface area contributed by atoms with Crippen LogP contribution in [0.3, 0.4) is 0 Å². The number of aromatic nitrogens is 2. The largest absolute Gasteiger partial charge is 0.312 e. The molecule has 0 aliphatic rings. The quantitative estimate of drug-likeness (QED) is 0.759. The first-order valence-electron chi connectivity index (χ1n) is 7.26. The highest BCUT2D eigenvalue weighted by Crippen LogP contribution is 2.20. The third-order valence-corrected chi connectivity index (χ3v) is 4.39. The van der Waals surface area contributed by atoms with Crippen LogP contribution in [0.15, 0.2) is 4.47 Å². The molecule has 1 heterocycles. The highest BCUT2D eigenvalue weighted by Gasteiger charge is 2.08. The van der Waals surface area contributed by atoms with E-state index in [1.54, 1.807) is 0 Å². The van der Waals surface area contributed by atoms with Gasteiger partial charge >= 0.3 is 0 Å². The molecule has 19 heavy (non-hydrogen) atoms. The Hall–Kier alpha value is -0.350. The molecule has 4 heteroatoms. The summed E-state index contributed by atoms with van der Waals surface area (Å²) in [5, 5.41) is 8.06. The predicted molar refractivity (Wildman–Crippen MR) is 85.6 cm³/mol. The molecule has 1 rings (SSSR count). The second-order valence-electron chi connectivity index (χ2n) is 6.30. The van der Waals surface area contributed by atoms with E-state index in [1.807, 2.05) is 6.92 Å². The van der Waals surface area contributed by atoms with E-state index in [1.165, 1.54) is 31.4 Å². The van der Waals surface area contributed by atoms with Gasteiger partial charge in [0.1, 0.15) is 0 Å². The van der Waals surface area contributed by atoms with Gasteiger partial charge in [-0.05, 0) is 69.9 Å². The molecule has 1 aromatic heterocycles. The van der Waals surface area contributed by atoms with Gasteiger partial charge < -0.3 is 5.32 Å². The van der Waals surface area contributed by atoms with Crippen molar-refractivity contribution >= 4 is 15.9 Å². The summed E-state index contributed by atoms with van der Waals surface area (Å²) in [6.45, 7) is 13.0. The number of unbranched alkanes of at least 4 members (excludes halogenated alkanes) is 3. The summed E-state index contributed by atoms with van der Waals surface area (Å²) in [6.07, 6.45) is 5.05. The maximum atomic E-state index is 4.53. The van der Waals surface area contributed by atoms with E-state index in [9.17, 15) is 0 Å². The second kappa shape index (κ2) is 7.44. The van der Waals surface area contributed by atoms with Crippen LogP contribution in [-0.4, -0.2) is 21.9 Å². The van der Waals surface area contributed by atoms with Gasteiger partial charge in [0.25, 0.3) is 0 Å². The average Bonchev–Trinajstić information content (AvgIpc) is 2.54. The lowest BCUT2D eigenvalue weighted by Crippen LogP contribution is -2.36. The molecule has 0 bridgehead atoms. The van der Waals surface area contributed by atoms with Crippen molar-refractivity contribution in [2.45, 2.75) is 72.4 Å². The van der Waals surface area contributed by atoms with Gasteiger partial charge in [0, 0.05) is 17.8 Å². The molecule has 1 N–H and O–H groups in total. The summed E-state index contributed by atoms with van der Waals surface area (Å²) in [6, 6.07) is 0. The number of rotatable bonds is 7. The van der Waals surface area contributed by atoms with Crippen molar-refractivity contribution in [1.82, 2.24) is 15.1 Å². The van der Waals surface area contributed by atoms with Gasteiger partial charge in [-0.2, -0.15) is 5.10 Å². The molecule has 0 atom stereocenters. The molecule has 0 radical (unpaired) electrons. The Morgan fingerprint density at radius 2 is 1.74 bits per heavy atom. The molecule has 0 unspecified atom stereocenters. The topological polar surface area (TPSA) is 29.9 Å². The van der Waals surface area contributed by atoms with Crippen molar-refractivity contribution in [2.24, 2.45) is 0 Å². The van der Waals surface area contributed by atoms with Gasteiger partial charge in [0.15, 0.2) is 0 Å². The van der Waals surface area contributed by atoms with E-state index in [0.717, 1.165) is 23.3 Å². The zero-order valence-electron chi connectivity index (χ0n) is 13.0. The second-order valence-corrected chi connectivity index (χ2v) is 7.09. The predicted octanol–water partition coefficient (Wildman–Crippen LogP) is 4.21. The summed E-state index contributed by atoms with van der Waals surface area (Å²) >= 11 is 3.57. The molecule has 0 saturated heterocycles. The summed E-state index contributed by atoms with van der Waals surface area (Å²) in [4.78, 5) is 0. The van der Waals surface area contributed by atoms with Crippen molar-refractivity contribution < 1.29 is 0 Å². The van der Waals surface area contributed by atoms with Crippen molar-refractivity contribution in [2.75, 3.05) is 6.54 Å². The number of hydrogen-bond donors (Lipinski definition) is 1. The maximum Gasteiger partial charge on any atom is 0.0738 e. The van der Waals surface area contributed by atoms with Gasteiger partial charge in [0.05, 0.1) is 10.2 Å². The van der Waals surface area contributed by atoms with Crippen LogP contribution in [0.1, 0.15) is 57.8 Å². The molecule has 3 nitrogen and oxygen atoms in total. The Labute approximate surface area is 126 Å². The fraction of sp³-hybridized carbons (Fsp3) is 0.800. The van der Waals surface area contributed by atoms with Gasteiger partial charge in [-0.3, -0.25) is 4.68 Å². The third-order valence-electron chi connectivity index (χ3n) is 3.25. The molecule has 0 saturated carbocycles. The SMILES string of the molecule is Cc1nn(CCCCCCNC(C)(C)C)c(C)c1Br. The van der Waals surface area contributed by atoms with Crippen LogP contribution in [0, 0.1) is 13.8 Å². The Bertz CT molecular complexity index is 391. The number of nitrogens with zero attached hydrogens (tertiary/aromatic N) is 2. The van der Waals surface area contributed by atoms with Crippen LogP contribution in [0.5, 0.6) is 0 Å². The molecule has 0 aromatic carbocycles. The fourth-order valence-corrected chi connectivity index (χ4v) is 2.38. The smallest absolute Gasteiger partial charge is 0.0738 e. The Morgan fingerprint density at radius 3 is 2.26 bits per heavy atom. The number of hydrogen-bond acceptors (Lipinski definition) is 2. The van der Waals surface area contributed by atoms with E-state index in [2.05, 4.69) is 58.7 Å². The maximum absolute atomic E-state index is 4.53. The molecule has 0 amide bonds. The van der Waals surface area contributed by atoms with E-state index >= 15 is 0 Å². The molecular weight excluding hydrogens is 302 g/mol. The van der Waals surface area contributed by atoms with Gasteiger partial charge in [0.2, 0.25) is 0 Å². The normalized spacial score (nSPS) is 12.1. The van der Waals surface area contributed by atoms with E-state index < -0.39 is 0 Å². The van der Waals surface area contributed by atoms with Crippen LogP contribution in [0.2, 0.25) is 0 Å². The molecular formula is C15H28BrN3. The monoisotopic (exact) mass is 329 g/mol. The molecule has 0 spiro atoms. The van der Waals surface area contributed by atoms with Crippen molar-refractivity contribution in [3.05, 3.63) is 15.9 Å². The zero-order chi connectivity index (χ0) is 14.5. The minimum absolute atomic E-state index is 0.246. The van der Waals surface area contributed by atoms with Crippen LogP contribution < -0.4 is 5.32 Å². The lowest BCUT2D eigenvalue weighted by molar-refractivity contribution is 0.413. The Kier molecular flexibility index (Phi) is 6.54. The minimum Gasteiger partial charge on any atom is -0.312 e. The third kappa shape index (κ3) is 6.09. The van der Waals surface area contributed by atoms with Crippen LogP contribution in [0.25, 0.3) is 0 Å². The first kappa shape index (κ1) is 16.7. The van der Waals surface area contributed by atoms with Crippen molar-refractivity contribution in [3.63, 3.8) is 0 Å². The summed E-state index contributed by atoms with van der Waals surface area (Å²) < 4.78 is 3.27. The van der Waals surface area contributed by atoms with Crippen LogP contribution >= 0.6 is 15.9 Å². The highest BCUT2D eigenvalue weighted by atomic mass is 79.9. The molecule has 0 aliphatic heterocycles. The van der Waals surface area contributed by atoms with Crippen LogP contribution in [-0.2, 0) is 6.54 Å². The fourth-order valence-electron chi connectivity index (χ4n) is 2.10. The first-order valence-corrected chi connectivity index (χ1v) is 8.05.